The normalized spacial score (nSPS) is 11.5. The van der Waals surface area contributed by atoms with Crippen LogP contribution in [0.3, 0.4) is 0 Å². The molecule has 0 N–H and O–H groups in total. The lowest BCUT2D eigenvalue weighted by Crippen LogP contribution is -1.96. The summed E-state index contributed by atoms with van der Waals surface area (Å²) in [5.74, 6) is 1.63. The molecule has 0 unspecified atom stereocenters. The van der Waals surface area contributed by atoms with E-state index in [1.165, 1.54) is 0 Å². The van der Waals surface area contributed by atoms with Crippen LogP contribution in [-0.2, 0) is 7.05 Å². The van der Waals surface area contributed by atoms with Gasteiger partial charge in [0.2, 0.25) is 0 Å². The Bertz CT molecular complexity index is 3310. The van der Waals surface area contributed by atoms with Gasteiger partial charge < -0.3 is 8.98 Å². The number of furan rings is 1. The van der Waals surface area contributed by atoms with Crippen LogP contribution in [0.5, 0.6) is 0 Å². The number of benzene rings is 8. The van der Waals surface area contributed by atoms with Crippen molar-refractivity contribution in [1.29, 1.82) is 0 Å². The Hall–Kier alpha value is -7.89. The summed E-state index contributed by atoms with van der Waals surface area (Å²) < 4.78 is 8.36. The average Bonchev–Trinajstić information content (AvgIpc) is 3.86. The van der Waals surface area contributed by atoms with E-state index in [1.807, 2.05) is 36.4 Å². The fraction of sp³-hybridized carbons (Fsp3) is 0.0185. The fourth-order valence-corrected chi connectivity index (χ4v) is 8.15. The van der Waals surface area contributed by atoms with Gasteiger partial charge in [-0.1, -0.05) is 146 Å². The van der Waals surface area contributed by atoms with E-state index in [9.17, 15) is 0 Å². The molecule has 11 aromatic rings. The maximum absolute atomic E-state index is 6.19. The van der Waals surface area contributed by atoms with Gasteiger partial charge in [-0.25, -0.2) is 15.0 Å². The smallest absolute Gasteiger partial charge is 0.160 e. The van der Waals surface area contributed by atoms with Crippen LogP contribution in [0.15, 0.2) is 205 Å². The molecule has 0 aliphatic carbocycles. The second-order valence-corrected chi connectivity index (χ2v) is 14.9. The summed E-state index contributed by atoms with van der Waals surface area (Å²) in [5, 5.41) is 2.21. The van der Waals surface area contributed by atoms with E-state index in [0.717, 1.165) is 106 Å². The zero-order valence-corrected chi connectivity index (χ0v) is 32.2. The molecular formula is C54H36N4O. The molecular weight excluding hydrogens is 721 g/mol. The summed E-state index contributed by atoms with van der Waals surface area (Å²) in [6.07, 6.45) is 0. The highest BCUT2D eigenvalue weighted by molar-refractivity contribution is 6.06. The number of rotatable bonds is 7. The summed E-state index contributed by atoms with van der Waals surface area (Å²) in [7, 11) is 2.08. The molecule has 0 saturated heterocycles. The van der Waals surface area contributed by atoms with E-state index in [-0.39, 0.29) is 0 Å². The Labute approximate surface area is 341 Å². The number of fused-ring (bicyclic) bond motifs is 4. The molecule has 59 heavy (non-hydrogen) atoms. The van der Waals surface area contributed by atoms with Gasteiger partial charge in [-0.15, -0.1) is 0 Å². The van der Waals surface area contributed by atoms with Gasteiger partial charge in [0.1, 0.15) is 17.0 Å². The van der Waals surface area contributed by atoms with Crippen molar-refractivity contribution in [2.75, 3.05) is 0 Å². The third-order valence-electron chi connectivity index (χ3n) is 11.2. The number of hydrogen-bond donors (Lipinski definition) is 0. The van der Waals surface area contributed by atoms with Gasteiger partial charge >= 0.3 is 0 Å². The molecule has 0 amide bonds. The molecule has 0 aliphatic rings. The summed E-state index contributed by atoms with van der Waals surface area (Å²) in [5.41, 5.74) is 16.3. The molecule has 0 aliphatic heterocycles. The van der Waals surface area contributed by atoms with Crippen molar-refractivity contribution in [3.63, 3.8) is 0 Å². The van der Waals surface area contributed by atoms with Crippen molar-refractivity contribution in [3.8, 4) is 78.7 Å². The SMILES string of the molecule is Cn1c(-c2ccccc2)nc2ccc(-c3ccc(-c4cc(-c5cc(-c6ccccc6)cc(-c6ccc7oc8ccccc8c7c6)c5)nc(-c5ccccc5)n4)cc3)cc21. The Balaban J connectivity index is 1.02. The fourth-order valence-electron chi connectivity index (χ4n) is 8.15. The Kier molecular flexibility index (Phi) is 8.30. The predicted octanol–water partition coefficient (Wildman–Crippen LogP) is 13.9. The first-order valence-corrected chi connectivity index (χ1v) is 19.8. The van der Waals surface area contributed by atoms with Gasteiger partial charge in [0, 0.05) is 40.1 Å². The Morgan fingerprint density at radius 3 is 1.63 bits per heavy atom. The molecule has 0 spiro atoms. The molecule has 0 radical (unpaired) electrons. The molecule has 0 saturated carbocycles. The van der Waals surface area contributed by atoms with Crippen LogP contribution >= 0.6 is 0 Å². The second-order valence-electron chi connectivity index (χ2n) is 14.9. The van der Waals surface area contributed by atoms with Crippen LogP contribution in [0, 0.1) is 0 Å². The van der Waals surface area contributed by atoms with E-state index < -0.39 is 0 Å². The van der Waals surface area contributed by atoms with Crippen molar-refractivity contribution in [2.45, 2.75) is 0 Å². The quantitative estimate of drug-likeness (QED) is 0.162. The lowest BCUT2D eigenvalue weighted by Gasteiger charge is -2.13. The van der Waals surface area contributed by atoms with Gasteiger partial charge in [-0.05, 0) is 88.0 Å². The first kappa shape index (κ1) is 34.4. The number of aromatic nitrogens is 4. The van der Waals surface area contributed by atoms with Crippen LogP contribution in [0.2, 0.25) is 0 Å². The van der Waals surface area contributed by atoms with E-state index in [4.69, 9.17) is 19.4 Å². The topological polar surface area (TPSA) is 56.7 Å². The molecule has 3 heterocycles. The van der Waals surface area contributed by atoms with Crippen LogP contribution in [-0.4, -0.2) is 19.5 Å². The molecule has 0 atom stereocenters. The van der Waals surface area contributed by atoms with Gasteiger partial charge in [0.25, 0.3) is 0 Å². The molecule has 11 rings (SSSR count). The van der Waals surface area contributed by atoms with Crippen LogP contribution in [0.25, 0.3) is 112 Å². The zero-order valence-electron chi connectivity index (χ0n) is 32.2. The minimum atomic E-state index is 0.677. The van der Waals surface area contributed by atoms with Crippen molar-refractivity contribution in [2.24, 2.45) is 7.05 Å². The number of nitrogens with zero attached hydrogens (tertiary/aromatic N) is 4. The highest BCUT2D eigenvalue weighted by atomic mass is 16.3. The monoisotopic (exact) mass is 756 g/mol. The molecule has 8 aromatic carbocycles. The lowest BCUT2D eigenvalue weighted by atomic mass is 9.94. The van der Waals surface area contributed by atoms with E-state index in [2.05, 4.69) is 175 Å². The zero-order chi connectivity index (χ0) is 39.3. The molecule has 3 aromatic heterocycles. The number of aryl methyl sites for hydroxylation is 1. The van der Waals surface area contributed by atoms with Crippen LogP contribution < -0.4 is 0 Å². The average molecular weight is 757 g/mol. The van der Waals surface area contributed by atoms with Gasteiger partial charge in [0.05, 0.1) is 22.4 Å². The van der Waals surface area contributed by atoms with Crippen molar-refractivity contribution < 1.29 is 4.42 Å². The van der Waals surface area contributed by atoms with Crippen molar-refractivity contribution in [1.82, 2.24) is 19.5 Å². The van der Waals surface area contributed by atoms with Gasteiger partial charge in [-0.2, -0.15) is 0 Å². The van der Waals surface area contributed by atoms with Crippen molar-refractivity contribution >= 4 is 33.0 Å². The molecule has 5 heteroatoms. The number of imidazole rings is 1. The molecule has 5 nitrogen and oxygen atoms in total. The van der Waals surface area contributed by atoms with Crippen LogP contribution in [0.1, 0.15) is 0 Å². The molecule has 0 bridgehead atoms. The van der Waals surface area contributed by atoms with Crippen molar-refractivity contribution in [3.05, 3.63) is 200 Å². The van der Waals surface area contributed by atoms with Gasteiger partial charge in [0.15, 0.2) is 5.82 Å². The largest absolute Gasteiger partial charge is 0.456 e. The Morgan fingerprint density at radius 2 is 0.881 bits per heavy atom. The summed E-state index contributed by atoms with van der Waals surface area (Å²) in [6, 6.07) is 69.9. The first-order chi connectivity index (χ1) is 29.1. The third kappa shape index (κ3) is 6.35. The maximum atomic E-state index is 6.19. The maximum Gasteiger partial charge on any atom is 0.160 e. The summed E-state index contributed by atoms with van der Waals surface area (Å²) in [6.45, 7) is 0. The Morgan fingerprint density at radius 1 is 0.356 bits per heavy atom. The minimum absolute atomic E-state index is 0.677. The highest BCUT2D eigenvalue weighted by Gasteiger charge is 2.16. The number of hydrogen-bond acceptors (Lipinski definition) is 4. The van der Waals surface area contributed by atoms with Crippen LogP contribution in [0.4, 0.5) is 0 Å². The predicted molar refractivity (Wildman–Crippen MR) is 242 cm³/mol. The lowest BCUT2D eigenvalue weighted by molar-refractivity contribution is 0.669. The molecule has 0 fully saturated rings. The number of para-hydroxylation sites is 1. The van der Waals surface area contributed by atoms with E-state index >= 15 is 0 Å². The highest BCUT2D eigenvalue weighted by Crippen LogP contribution is 2.38. The van der Waals surface area contributed by atoms with Gasteiger partial charge in [-0.3, -0.25) is 0 Å². The first-order valence-electron chi connectivity index (χ1n) is 19.8. The standard InChI is InChI=1S/C54H36N4O/c1-58-50-33-41(25-27-47(50)57-54(58)39-17-9-4-10-18-39)36-21-23-37(24-22-36)48-34-49(56-53(55-48)38-15-7-3-8-16-38)44-30-42(35-13-5-2-6-14-35)29-43(31-44)40-26-28-52-46(32-40)45-19-11-12-20-51(45)59-52/h2-34H,1H3. The third-order valence-corrected chi connectivity index (χ3v) is 11.2. The summed E-state index contributed by atoms with van der Waals surface area (Å²) >= 11 is 0. The molecule has 278 valence electrons. The van der Waals surface area contributed by atoms with E-state index in [1.54, 1.807) is 0 Å². The van der Waals surface area contributed by atoms with E-state index in [0.29, 0.717) is 5.82 Å². The minimum Gasteiger partial charge on any atom is -0.456 e. The second kappa shape index (κ2) is 14.2. The summed E-state index contributed by atoms with van der Waals surface area (Å²) in [4.78, 5) is 15.4.